The lowest BCUT2D eigenvalue weighted by Crippen LogP contribution is -2.23. The largest absolute Gasteiger partial charge is 0.490 e. The Kier molecular flexibility index (Phi) is 7.02. The number of amides is 2. The minimum Gasteiger partial charge on any atom is -0.490 e. The van der Waals surface area contributed by atoms with Gasteiger partial charge in [-0.05, 0) is 36.8 Å². The molecule has 0 fully saturated rings. The van der Waals surface area contributed by atoms with Crippen LogP contribution < -0.4 is 14.8 Å². The molecule has 0 aliphatic carbocycles. The van der Waals surface area contributed by atoms with Gasteiger partial charge in [0.05, 0.1) is 6.61 Å². The van der Waals surface area contributed by atoms with E-state index in [4.69, 9.17) is 9.47 Å². The number of hydrogen-bond donors (Lipinski definition) is 1. The van der Waals surface area contributed by atoms with Crippen LogP contribution in [0.2, 0.25) is 0 Å². The van der Waals surface area contributed by atoms with E-state index in [-0.39, 0.29) is 18.4 Å². The van der Waals surface area contributed by atoms with Crippen molar-refractivity contribution in [3.8, 4) is 11.5 Å². The maximum Gasteiger partial charge on any atom is 0.262 e. The summed E-state index contributed by atoms with van der Waals surface area (Å²) in [6, 6.07) is 14.0. The first kappa shape index (κ1) is 19.3. The van der Waals surface area contributed by atoms with Crippen molar-refractivity contribution in [3.05, 3.63) is 54.1 Å². The Balaban J connectivity index is 1.96. The molecule has 0 atom stereocenters. The maximum atomic E-state index is 12.2. The van der Waals surface area contributed by atoms with Crippen molar-refractivity contribution in [1.29, 1.82) is 0 Å². The average Bonchev–Trinajstić information content (AvgIpc) is 2.64. The van der Waals surface area contributed by atoms with Gasteiger partial charge in [0.25, 0.3) is 11.8 Å². The molecule has 6 heteroatoms. The van der Waals surface area contributed by atoms with Crippen molar-refractivity contribution in [3.63, 3.8) is 0 Å². The fourth-order valence-corrected chi connectivity index (χ4v) is 2.23. The molecule has 0 unspecified atom stereocenters. The number of hydrogen-bond acceptors (Lipinski definition) is 4. The fraction of sp³-hybridized carbons (Fsp3) is 0.300. The Morgan fingerprint density at radius 3 is 2.35 bits per heavy atom. The van der Waals surface area contributed by atoms with Crippen molar-refractivity contribution >= 4 is 17.5 Å². The lowest BCUT2D eigenvalue weighted by molar-refractivity contribution is -0.118. The summed E-state index contributed by atoms with van der Waals surface area (Å²) in [6.07, 6.45) is 0.886. The van der Waals surface area contributed by atoms with Crippen LogP contribution in [0.5, 0.6) is 11.5 Å². The zero-order chi connectivity index (χ0) is 18.9. The third-order valence-electron chi connectivity index (χ3n) is 3.47. The number of nitrogens with zero attached hydrogens (tertiary/aromatic N) is 1. The van der Waals surface area contributed by atoms with Crippen molar-refractivity contribution in [2.24, 2.45) is 0 Å². The molecule has 2 rings (SSSR count). The number of para-hydroxylation sites is 2. The van der Waals surface area contributed by atoms with Gasteiger partial charge < -0.3 is 19.7 Å². The van der Waals surface area contributed by atoms with Crippen LogP contribution in [0, 0.1) is 0 Å². The molecule has 2 aromatic rings. The predicted molar refractivity (Wildman–Crippen MR) is 101 cm³/mol. The summed E-state index contributed by atoms with van der Waals surface area (Å²) in [5.74, 6) is 0.692. The smallest absolute Gasteiger partial charge is 0.262 e. The third-order valence-corrected chi connectivity index (χ3v) is 3.47. The van der Waals surface area contributed by atoms with Gasteiger partial charge in [-0.2, -0.15) is 0 Å². The zero-order valence-corrected chi connectivity index (χ0v) is 15.3. The first-order chi connectivity index (χ1) is 12.5. The van der Waals surface area contributed by atoms with Gasteiger partial charge in [-0.3, -0.25) is 9.59 Å². The molecule has 0 aliphatic heterocycles. The molecule has 2 aromatic carbocycles. The minimum atomic E-state index is -0.315. The summed E-state index contributed by atoms with van der Waals surface area (Å²) in [6.45, 7) is 2.45. The molecule has 138 valence electrons. The van der Waals surface area contributed by atoms with Crippen LogP contribution >= 0.6 is 0 Å². The second-order valence-electron chi connectivity index (χ2n) is 5.91. The molecule has 26 heavy (non-hydrogen) atoms. The van der Waals surface area contributed by atoms with E-state index in [1.165, 1.54) is 4.90 Å². The molecule has 6 nitrogen and oxygen atoms in total. The van der Waals surface area contributed by atoms with E-state index in [0.717, 1.165) is 6.42 Å². The van der Waals surface area contributed by atoms with E-state index in [9.17, 15) is 9.59 Å². The quantitative estimate of drug-likeness (QED) is 0.789. The number of benzene rings is 2. The number of nitrogens with one attached hydrogen (secondary N) is 1. The van der Waals surface area contributed by atoms with Gasteiger partial charge in [-0.1, -0.05) is 25.1 Å². The lowest BCUT2D eigenvalue weighted by Gasteiger charge is -2.13. The lowest BCUT2D eigenvalue weighted by atomic mass is 10.2. The fourth-order valence-electron chi connectivity index (χ4n) is 2.23. The Morgan fingerprint density at radius 1 is 1.00 bits per heavy atom. The molecule has 0 saturated carbocycles. The van der Waals surface area contributed by atoms with E-state index in [1.807, 2.05) is 19.1 Å². The van der Waals surface area contributed by atoms with Crippen molar-refractivity contribution in [2.75, 3.05) is 32.6 Å². The van der Waals surface area contributed by atoms with Gasteiger partial charge in [0.15, 0.2) is 18.1 Å². The Hall–Kier alpha value is -3.02. The van der Waals surface area contributed by atoms with Gasteiger partial charge in [-0.25, -0.2) is 0 Å². The number of carbonyl (C=O) groups is 2. The minimum absolute atomic E-state index is 0.126. The average molecular weight is 356 g/mol. The molecule has 0 radical (unpaired) electrons. The Bertz CT molecular complexity index is 759. The highest BCUT2D eigenvalue weighted by Gasteiger charge is 2.11. The van der Waals surface area contributed by atoms with Crippen LogP contribution in [0.4, 0.5) is 5.69 Å². The van der Waals surface area contributed by atoms with E-state index in [0.29, 0.717) is 29.4 Å². The highest BCUT2D eigenvalue weighted by Crippen LogP contribution is 2.26. The summed E-state index contributed by atoms with van der Waals surface area (Å²) in [5, 5.41) is 2.73. The molecule has 0 saturated heterocycles. The first-order valence-electron chi connectivity index (χ1n) is 8.47. The van der Waals surface area contributed by atoms with Crippen LogP contribution in [-0.2, 0) is 4.79 Å². The maximum absolute atomic E-state index is 12.2. The van der Waals surface area contributed by atoms with Crippen LogP contribution in [-0.4, -0.2) is 44.0 Å². The number of ether oxygens (including phenoxy) is 2. The highest BCUT2D eigenvalue weighted by molar-refractivity contribution is 5.97. The van der Waals surface area contributed by atoms with Gasteiger partial charge in [0.2, 0.25) is 0 Å². The molecule has 0 heterocycles. The van der Waals surface area contributed by atoms with Crippen molar-refractivity contribution in [1.82, 2.24) is 4.90 Å². The van der Waals surface area contributed by atoms with E-state index >= 15 is 0 Å². The molecule has 0 spiro atoms. The molecule has 0 aliphatic rings. The molecule has 1 N–H and O–H groups in total. The number of rotatable bonds is 8. The monoisotopic (exact) mass is 356 g/mol. The van der Waals surface area contributed by atoms with Gasteiger partial charge in [-0.15, -0.1) is 0 Å². The third kappa shape index (κ3) is 5.51. The van der Waals surface area contributed by atoms with Crippen LogP contribution in [0.3, 0.4) is 0 Å². The van der Waals surface area contributed by atoms with Gasteiger partial charge in [0, 0.05) is 25.3 Å². The van der Waals surface area contributed by atoms with E-state index in [2.05, 4.69) is 5.32 Å². The highest BCUT2D eigenvalue weighted by atomic mass is 16.5. The van der Waals surface area contributed by atoms with Crippen LogP contribution in [0.1, 0.15) is 23.7 Å². The summed E-state index contributed by atoms with van der Waals surface area (Å²) in [4.78, 5) is 25.6. The van der Waals surface area contributed by atoms with Gasteiger partial charge >= 0.3 is 0 Å². The second-order valence-corrected chi connectivity index (χ2v) is 5.91. The molecule has 0 bridgehead atoms. The first-order valence-corrected chi connectivity index (χ1v) is 8.47. The topological polar surface area (TPSA) is 67.9 Å². The SMILES string of the molecule is CCCOc1ccccc1OCC(=O)Nc1cccc(C(=O)N(C)C)c1. The Morgan fingerprint density at radius 2 is 1.69 bits per heavy atom. The van der Waals surface area contributed by atoms with Crippen molar-refractivity contribution < 1.29 is 19.1 Å². The molecule has 0 aromatic heterocycles. The zero-order valence-electron chi connectivity index (χ0n) is 15.3. The van der Waals surface area contributed by atoms with Gasteiger partial charge in [0.1, 0.15) is 0 Å². The standard InChI is InChI=1S/C20H24N2O4/c1-4-12-25-17-10-5-6-11-18(17)26-14-19(23)21-16-9-7-8-15(13-16)20(24)22(2)3/h5-11,13H,4,12,14H2,1-3H3,(H,21,23). The normalized spacial score (nSPS) is 10.1. The number of anilines is 1. The predicted octanol–water partition coefficient (Wildman–Crippen LogP) is 3.19. The summed E-state index contributed by atoms with van der Waals surface area (Å²) in [7, 11) is 3.36. The summed E-state index contributed by atoms with van der Waals surface area (Å²) < 4.78 is 11.2. The molecular weight excluding hydrogens is 332 g/mol. The molecule has 2 amide bonds. The van der Waals surface area contributed by atoms with E-state index in [1.54, 1.807) is 50.5 Å². The van der Waals surface area contributed by atoms with Crippen LogP contribution in [0.25, 0.3) is 0 Å². The molecular formula is C20H24N2O4. The second kappa shape index (κ2) is 9.46. The van der Waals surface area contributed by atoms with Crippen molar-refractivity contribution in [2.45, 2.75) is 13.3 Å². The Labute approximate surface area is 153 Å². The number of carbonyl (C=O) groups excluding carboxylic acids is 2. The summed E-state index contributed by atoms with van der Waals surface area (Å²) in [5.41, 5.74) is 1.05. The van der Waals surface area contributed by atoms with E-state index < -0.39 is 0 Å². The summed E-state index contributed by atoms with van der Waals surface area (Å²) >= 11 is 0. The van der Waals surface area contributed by atoms with Crippen LogP contribution in [0.15, 0.2) is 48.5 Å².